The number of ether oxygens (including phenoxy) is 1. The van der Waals surface area contributed by atoms with Crippen LogP contribution in [0.25, 0.3) is 6.08 Å². The molecule has 0 aliphatic carbocycles. The highest BCUT2D eigenvalue weighted by Gasteiger charge is 2.15. The zero-order valence-electron chi connectivity index (χ0n) is 10.2. The van der Waals surface area contributed by atoms with Gasteiger partial charge in [0, 0.05) is 18.7 Å². The molecule has 2 heterocycles. The Balaban J connectivity index is 2.37. The van der Waals surface area contributed by atoms with Crippen molar-refractivity contribution in [1.29, 1.82) is 5.26 Å². The van der Waals surface area contributed by atoms with Gasteiger partial charge in [0.15, 0.2) is 0 Å². The zero-order chi connectivity index (χ0) is 13.0. The van der Waals surface area contributed by atoms with Crippen LogP contribution < -0.4 is 10.6 Å². The zero-order valence-corrected chi connectivity index (χ0v) is 10.2. The van der Waals surface area contributed by atoms with E-state index in [0.29, 0.717) is 25.5 Å². The maximum atomic E-state index is 8.85. The molecule has 0 aromatic carbocycles. The van der Waals surface area contributed by atoms with Crippen molar-refractivity contribution in [3.63, 3.8) is 0 Å². The Kier molecular flexibility index (Phi) is 3.80. The molecule has 1 aliphatic rings. The van der Waals surface area contributed by atoms with Crippen molar-refractivity contribution in [2.45, 2.75) is 6.42 Å². The molecule has 0 unspecified atom stereocenters. The van der Waals surface area contributed by atoms with Crippen LogP contribution in [0, 0.1) is 11.3 Å². The van der Waals surface area contributed by atoms with Gasteiger partial charge in [-0.3, -0.25) is 0 Å². The molecule has 1 aliphatic heterocycles. The highest BCUT2D eigenvalue weighted by molar-refractivity contribution is 5.67. The first-order valence-electron chi connectivity index (χ1n) is 5.87. The summed E-state index contributed by atoms with van der Waals surface area (Å²) in [5.74, 6) is 1.24. The van der Waals surface area contributed by atoms with Gasteiger partial charge >= 0.3 is 0 Å². The van der Waals surface area contributed by atoms with E-state index in [-0.39, 0.29) is 0 Å². The van der Waals surface area contributed by atoms with Crippen molar-refractivity contribution in [1.82, 2.24) is 4.98 Å². The Labute approximate surface area is 106 Å². The average molecular weight is 244 g/mol. The molecule has 0 amide bonds. The number of hydrogen-bond acceptors (Lipinski definition) is 5. The highest BCUT2D eigenvalue weighted by Crippen LogP contribution is 2.24. The van der Waals surface area contributed by atoms with Gasteiger partial charge in [-0.05, 0) is 11.6 Å². The summed E-state index contributed by atoms with van der Waals surface area (Å²) in [7, 11) is 0. The predicted molar refractivity (Wildman–Crippen MR) is 71.1 cm³/mol. The van der Waals surface area contributed by atoms with E-state index in [0.717, 1.165) is 30.0 Å². The number of pyridine rings is 1. The first kappa shape index (κ1) is 12.4. The lowest BCUT2D eigenvalue weighted by Gasteiger charge is -2.28. The number of nitrogens with zero attached hydrogens (tertiary/aromatic N) is 3. The Bertz CT molecular complexity index is 486. The van der Waals surface area contributed by atoms with Gasteiger partial charge < -0.3 is 15.4 Å². The van der Waals surface area contributed by atoms with Gasteiger partial charge in [-0.15, -0.1) is 0 Å². The van der Waals surface area contributed by atoms with Crippen molar-refractivity contribution >= 4 is 17.7 Å². The molecule has 0 atom stereocenters. The van der Waals surface area contributed by atoms with Crippen LogP contribution in [0.2, 0.25) is 0 Å². The molecule has 5 nitrogen and oxygen atoms in total. The summed E-state index contributed by atoms with van der Waals surface area (Å²) >= 11 is 0. The lowest BCUT2D eigenvalue weighted by molar-refractivity contribution is 0.122. The molecule has 18 heavy (non-hydrogen) atoms. The van der Waals surface area contributed by atoms with Gasteiger partial charge in [0.2, 0.25) is 0 Å². The van der Waals surface area contributed by atoms with Crippen LogP contribution >= 0.6 is 0 Å². The fourth-order valence-corrected chi connectivity index (χ4v) is 2.04. The summed E-state index contributed by atoms with van der Waals surface area (Å²) < 4.78 is 5.30. The summed E-state index contributed by atoms with van der Waals surface area (Å²) in [6, 6.07) is 4.06. The van der Waals surface area contributed by atoms with Crippen molar-refractivity contribution in [2.24, 2.45) is 0 Å². The summed E-state index contributed by atoms with van der Waals surface area (Å²) in [6.07, 6.45) is 1.96. The third-order valence-electron chi connectivity index (χ3n) is 2.97. The molecule has 1 aromatic rings. The molecular formula is C13H16N4O. The van der Waals surface area contributed by atoms with Gasteiger partial charge in [0.05, 0.1) is 25.7 Å². The molecular weight excluding hydrogens is 228 g/mol. The standard InChI is InChI=1S/C13H16N4O/c1-2-11-10(3-4-14)9-12(16-13(11)15)17-5-7-18-8-6-17/h2,9H,1,3,5-8H2,(H2,15,16). The molecule has 1 fully saturated rings. The van der Waals surface area contributed by atoms with Crippen molar-refractivity contribution < 1.29 is 4.74 Å². The molecule has 2 N–H and O–H groups in total. The average Bonchev–Trinajstić information content (AvgIpc) is 2.40. The SMILES string of the molecule is C=Cc1c(CC#N)cc(N2CCOCC2)nc1N. The Morgan fingerprint density at radius 3 is 2.89 bits per heavy atom. The van der Waals surface area contributed by atoms with Gasteiger partial charge in [0.1, 0.15) is 11.6 Å². The van der Waals surface area contributed by atoms with Crippen LogP contribution in [0.3, 0.4) is 0 Å². The third kappa shape index (κ3) is 2.44. The number of nitriles is 1. The van der Waals surface area contributed by atoms with Gasteiger partial charge in [-0.25, -0.2) is 4.98 Å². The Hall–Kier alpha value is -2.06. The minimum absolute atomic E-state index is 0.311. The summed E-state index contributed by atoms with van der Waals surface area (Å²) in [4.78, 5) is 6.50. The second-order valence-corrected chi connectivity index (χ2v) is 4.08. The molecule has 1 aromatic heterocycles. The van der Waals surface area contributed by atoms with Crippen molar-refractivity contribution in [3.05, 3.63) is 23.8 Å². The fraction of sp³-hybridized carbons (Fsp3) is 0.385. The third-order valence-corrected chi connectivity index (χ3v) is 2.97. The van der Waals surface area contributed by atoms with Crippen molar-refractivity contribution in [3.8, 4) is 6.07 Å². The largest absolute Gasteiger partial charge is 0.383 e. The van der Waals surface area contributed by atoms with Crippen molar-refractivity contribution in [2.75, 3.05) is 36.9 Å². The van der Waals surface area contributed by atoms with E-state index in [1.54, 1.807) is 6.08 Å². The lowest BCUT2D eigenvalue weighted by atomic mass is 10.1. The van der Waals surface area contributed by atoms with Crippen LogP contribution in [0.4, 0.5) is 11.6 Å². The second kappa shape index (κ2) is 5.52. The number of morpholine rings is 1. The Morgan fingerprint density at radius 1 is 1.56 bits per heavy atom. The van der Waals surface area contributed by atoms with E-state index in [4.69, 9.17) is 15.7 Å². The highest BCUT2D eigenvalue weighted by atomic mass is 16.5. The molecule has 0 spiro atoms. The van der Waals surface area contributed by atoms with Gasteiger partial charge in [-0.1, -0.05) is 12.7 Å². The molecule has 0 bridgehead atoms. The lowest BCUT2D eigenvalue weighted by Crippen LogP contribution is -2.37. The summed E-state index contributed by atoms with van der Waals surface area (Å²) in [5, 5.41) is 8.85. The number of anilines is 2. The normalized spacial score (nSPS) is 15.2. The molecule has 1 saturated heterocycles. The minimum atomic E-state index is 0.311. The van der Waals surface area contributed by atoms with Gasteiger partial charge in [0.25, 0.3) is 0 Å². The molecule has 5 heteroatoms. The van der Waals surface area contributed by atoms with E-state index in [2.05, 4.69) is 22.5 Å². The monoisotopic (exact) mass is 244 g/mol. The molecule has 0 saturated carbocycles. The number of nitrogens with two attached hydrogens (primary N) is 1. The summed E-state index contributed by atoms with van der Waals surface area (Å²) in [6.45, 7) is 6.69. The summed E-state index contributed by atoms with van der Waals surface area (Å²) in [5.41, 5.74) is 7.55. The maximum absolute atomic E-state index is 8.85. The Morgan fingerprint density at radius 2 is 2.28 bits per heavy atom. The first-order valence-corrected chi connectivity index (χ1v) is 5.87. The van der Waals surface area contributed by atoms with Crippen LogP contribution in [0.5, 0.6) is 0 Å². The van der Waals surface area contributed by atoms with E-state index in [1.165, 1.54) is 0 Å². The van der Waals surface area contributed by atoms with Crippen LogP contribution in [-0.4, -0.2) is 31.3 Å². The smallest absolute Gasteiger partial charge is 0.133 e. The predicted octanol–water partition coefficient (Wildman–Crippen LogP) is 1.21. The van der Waals surface area contributed by atoms with E-state index in [9.17, 15) is 0 Å². The van der Waals surface area contributed by atoms with Crippen LogP contribution in [0.1, 0.15) is 11.1 Å². The minimum Gasteiger partial charge on any atom is -0.383 e. The second-order valence-electron chi connectivity index (χ2n) is 4.08. The van der Waals surface area contributed by atoms with Gasteiger partial charge in [-0.2, -0.15) is 5.26 Å². The van der Waals surface area contributed by atoms with Crippen LogP contribution in [-0.2, 0) is 11.2 Å². The first-order chi connectivity index (χ1) is 8.76. The molecule has 94 valence electrons. The fourth-order valence-electron chi connectivity index (χ4n) is 2.04. The maximum Gasteiger partial charge on any atom is 0.133 e. The number of hydrogen-bond donors (Lipinski definition) is 1. The van der Waals surface area contributed by atoms with E-state index in [1.807, 2.05) is 6.07 Å². The number of nitrogen functional groups attached to an aromatic ring is 1. The number of aromatic nitrogens is 1. The topological polar surface area (TPSA) is 75.2 Å². The van der Waals surface area contributed by atoms with E-state index >= 15 is 0 Å². The molecule has 0 radical (unpaired) electrons. The molecule has 2 rings (SSSR count). The number of rotatable bonds is 3. The van der Waals surface area contributed by atoms with Crippen LogP contribution in [0.15, 0.2) is 12.6 Å². The quantitative estimate of drug-likeness (QED) is 0.865. The van der Waals surface area contributed by atoms with E-state index < -0.39 is 0 Å².